The van der Waals surface area contributed by atoms with Crippen LogP contribution >= 0.6 is 15.9 Å². The van der Waals surface area contributed by atoms with E-state index < -0.39 is 12.1 Å². The number of ketones is 1. The molecule has 1 aromatic carbocycles. The zero-order chi connectivity index (χ0) is 13.9. The molecule has 0 fully saturated rings. The smallest absolute Gasteiger partial charge is 0.405 e. The minimum Gasteiger partial charge on any atom is -0.405 e. The van der Waals surface area contributed by atoms with Gasteiger partial charge in [-0.1, -0.05) is 29.8 Å². The predicted molar refractivity (Wildman–Crippen MR) is 64.6 cm³/mol. The van der Waals surface area contributed by atoms with E-state index in [9.17, 15) is 18.0 Å². The van der Waals surface area contributed by atoms with Gasteiger partial charge in [0, 0.05) is 10.4 Å². The molecule has 0 heterocycles. The van der Waals surface area contributed by atoms with Crippen molar-refractivity contribution in [3.05, 3.63) is 28.2 Å². The SMILES string of the molecule is CCC(C)C(=O)c1ccc(Br)cc1OC(F)(F)F. The Balaban J connectivity index is 3.15. The van der Waals surface area contributed by atoms with E-state index in [-0.39, 0.29) is 17.3 Å². The molecule has 0 spiro atoms. The van der Waals surface area contributed by atoms with E-state index in [1.54, 1.807) is 13.8 Å². The summed E-state index contributed by atoms with van der Waals surface area (Å²) in [5, 5.41) is 0. The molecule has 0 radical (unpaired) electrons. The Kier molecular flexibility index (Phi) is 4.78. The van der Waals surface area contributed by atoms with E-state index in [1.807, 2.05) is 0 Å². The highest BCUT2D eigenvalue weighted by atomic mass is 79.9. The van der Waals surface area contributed by atoms with Crippen LogP contribution in [0.3, 0.4) is 0 Å². The Morgan fingerprint density at radius 1 is 1.44 bits per heavy atom. The molecule has 6 heteroatoms. The molecular weight excluding hydrogens is 313 g/mol. The van der Waals surface area contributed by atoms with Crippen molar-refractivity contribution in [3.8, 4) is 5.75 Å². The Morgan fingerprint density at radius 3 is 2.56 bits per heavy atom. The quantitative estimate of drug-likeness (QED) is 0.758. The molecule has 0 saturated carbocycles. The first-order chi connectivity index (χ1) is 8.24. The molecule has 2 nitrogen and oxygen atoms in total. The van der Waals surface area contributed by atoms with Gasteiger partial charge in [-0.2, -0.15) is 0 Å². The summed E-state index contributed by atoms with van der Waals surface area (Å²) in [7, 11) is 0. The summed E-state index contributed by atoms with van der Waals surface area (Å²) in [6.45, 7) is 3.47. The summed E-state index contributed by atoms with van der Waals surface area (Å²) in [6, 6.07) is 3.99. The first-order valence-corrected chi connectivity index (χ1v) is 6.13. The number of Topliss-reactive ketones (excluding diaryl/α,β-unsaturated/α-hetero) is 1. The summed E-state index contributed by atoms with van der Waals surface area (Å²) < 4.78 is 41.0. The molecular formula is C12H12BrF3O2. The van der Waals surface area contributed by atoms with Crippen LogP contribution in [0, 0.1) is 5.92 Å². The van der Waals surface area contributed by atoms with E-state index in [0.717, 1.165) is 6.07 Å². The average Bonchev–Trinajstić information content (AvgIpc) is 2.25. The second kappa shape index (κ2) is 5.73. The molecule has 1 unspecified atom stereocenters. The van der Waals surface area contributed by atoms with Gasteiger partial charge in [0.15, 0.2) is 5.78 Å². The number of alkyl halides is 3. The molecule has 0 bridgehead atoms. The van der Waals surface area contributed by atoms with Crippen molar-refractivity contribution in [2.75, 3.05) is 0 Å². The van der Waals surface area contributed by atoms with Crippen LogP contribution in [0.5, 0.6) is 5.75 Å². The lowest BCUT2D eigenvalue weighted by molar-refractivity contribution is -0.274. The highest BCUT2D eigenvalue weighted by Gasteiger charge is 2.33. The van der Waals surface area contributed by atoms with Crippen LogP contribution in [0.2, 0.25) is 0 Å². The minimum absolute atomic E-state index is 0.0510. The number of carbonyl (C=O) groups is 1. The molecule has 0 aliphatic heterocycles. The summed E-state index contributed by atoms with van der Waals surface area (Å²) in [5.41, 5.74) is -0.0510. The topological polar surface area (TPSA) is 26.3 Å². The summed E-state index contributed by atoms with van der Waals surface area (Å²) in [4.78, 5) is 11.9. The minimum atomic E-state index is -4.81. The third-order valence-electron chi connectivity index (χ3n) is 2.49. The maximum atomic E-state index is 12.3. The average molecular weight is 325 g/mol. The summed E-state index contributed by atoms with van der Waals surface area (Å²) >= 11 is 3.05. The van der Waals surface area contributed by atoms with E-state index in [4.69, 9.17) is 0 Å². The standard InChI is InChI=1S/C12H12BrF3O2/c1-3-7(2)11(17)9-5-4-8(13)6-10(9)18-12(14,15)16/h4-7H,3H2,1-2H3. The molecule has 0 N–H and O–H groups in total. The molecule has 1 aromatic rings. The number of halogens is 4. The van der Waals surface area contributed by atoms with Crippen molar-refractivity contribution in [1.82, 2.24) is 0 Å². The van der Waals surface area contributed by atoms with Crippen LogP contribution < -0.4 is 4.74 Å². The van der Waals surface area contributed by atoms with Crippen LogP contribution in [0.4, 0.5) is 13.2 Å². The lowest BCUT2D eigenvalue weighted by Gasteiger charge is -2.15. The number of rotatable bonds is 4. The zero-order valence-corrected chi connectivity index (χ0v) is 11.4. The van der Waals surface area contributed by atoms with Crippen molar-refractivity contribution < 1.29 is 22.7 Å². The first kappa shape index (κ1) is 15.0. The number of ether oxygens (including phenoxy) is 1. The van der Waals surface area contributed by atoms with Gasteiger partial charge in [-0.25, -0.2) is 0 Å². The van der Waals surface area contributed by atoms with Crippen molar-refractivity contribution in [2.24, 2.45) is 5.92 Å². The van der Waals surface area contributed by atoms with E-state index in [2.05, 4.69) is 20.7 Å². The third kappa shape index (κ3) is 4.01. The lowest BCUT2D eigenvalue weighted by atomic mass is 9.96. The lowest BCUT2D eigenvalue weighted by Crippen LogP contribution is -2.20. The van der Waals surface area contributed by atoms with Gasteiger partial charge in [-0.3, -0.25) is 4.79 Å². The van der Waals surface area contributed by atoms with E-state index in [1.165, 1.54) is 12.1 Å². The molecule has 100 valence electrons. The fourth-order valence-electron chi connectivity index (χ4n) is 1.36. The first-order valence-electron chi connectivity index (χ1n) is 5.34. The largest absolute Gasteiger partial charge is 0.573 e. The van der Waals surface area contributed by atoms with Crippen LogP contribution in [0.1, 0.15) is 30.6 Å². The van der Waals surface area contributed by atoms with Crippen LogP contribution in [-0.2, 0) is 0 Å². The molecule has 0 saturated heterocycles. The van der Waals surface area contributed by atoms with Crippen LogP contribution in [-0.4, -0.2) is 12.1 Å². The third-order valence-corrected chi connectivity index (χ3v) is 2.99. The fraction of sp³-hybridized carbons (Fsp3) is 0.417. The fourth-order valence-corrected chi connectivity index (χ4v) is 1.70. The van der Waals surface area contributed by atoms with Crippen molar-refractivity contribution in [2.45, 2.75) is 26.6 Å². The van der Waals surface area contributed by atoms with Gasteiger partial charge < -0.3 is 4.74 Å². The number of benzene rings is 1. The van der Waals surface area contributed by atoms with Crippen molar-refractivity contribution in [1.29, 1.82) is 0 Å². The van der Waals surface area contributed by atoms with E-state index >= 15 is 0 Å². The second-order valence-corrected chi connectivity index (χ2v) is 4.78. The van der Waals surface area contributed by atoms with Crippen LogP contribution in [0.25, 0.3) is 0 Å². The molecule has 1 rings (SSSR count). The van der Waals surface area contributed by atoms with Crippen molar-refractivity contribution in [3.63, 3.8) is 0 Å². The van der Waals surface area contributed by atoms with Gasteiger partial charge in [0.1, 0.15) is 5.75 Å². The monoisotopic (exact) mass is 324 g/mol. The molecule has 0 aliphatic carbocycles. The Bertz CT molecular complexity index is 443. The zero-order valence-electron chi connectivity index (χ0n) is 9.84. The van der Waals surface area contributed by atoms with Gasteiger partial charge in [0.2, 0.25) is 0 Å². The summed E-state index contributed by atoms with van der Waals surface area (Å²) in [6.07, 6.45) is -4.26. The van der Waals surface area contributed by atoms with Gasteiger partial charge in [-0.15, -0.1) is 13.2 Å². The van der Waals surface area contributed by atoms with E-state index in [0.29, 0.717) is 10.9 Å². The Labute approximate surface area is 111 Å². The number of carbonyl (C=O) groups excluding carboxylic acids is 1. The predicted octanol–water partition coefficient (Wildman–Crippen LogP) is 4.58. The van der Waals surface area contributed by atoms with Crippen LogP contribution in [0.15, 0.2) is 22.7 Å². The number of hydrogen-bond acceptors (Lipinski definition) is 2. The highest BCUT2D eigenvalue weighted by molar-refractivity contribution is 9.10. The summed E-state index contributed by atoms with van der Waals surface area (Å²) in [5.74, 6) is -1.17. The molecule has 0 aliphatic rings. The normalized spacial score (nSPS) is 13.2. The van der Waals surface area contributed by atoms with Gasteiger partial charge in [0.05, 0.1) is 5.56 Å². The van der Waals surface area contributed by atoms with Crippen molar-refractivity contribution >= 4 is 21.7 Å². The molecule has 0 amide bonds. The maximum absolute atomic E-state index is 12.3. The molecule has 0 aromatic heterocycles. The van der Waals surface area contributed by atoms with Gasteiger partial charge in [-0.05, 0) is 24.6 Å². The van der Waals surface area contributed by atoms with Gasteiger partial charge in [0.25, 0.3) is 0 Å². The molecule has 1 atom stereocenters. The van der Waals surface area contributed by atoms with Gasteiger partial charge >= 0.3 is 6.36 Å². The Morgan fingerprint density at radius 2 is 2.06 bits per heavy atom. The maximum Gasteiger partial charge on any atom is 0.573 e. The Hall–Kier alpha value is -1.04. The second-order valence-electron chi connectivity index (χ2n) is 3.86. The highest BCUT2D eigenvalue weighted by Crippen LogP contribution is 2.31. The molecule has 18 heavy (non-hydrogen) atoms. The number of hydrogen-bond donors (Lipinski definition) is 0.